The maximum atomic E-state index is 14.8. The number of carbonyl (C=O) groups is 1. The lowest BCUT2D eigenvalue weighted by molar-refractivity contribution is 0.0726. The Kier molecular flexibility index (Phi) is 7.93. The molecule has 0 aliphatic rings. The standard InChI is InChI=1S/C30H23F3O4/c1-3-17-36-23-13-14-24(26(31)18-23)19-5-7-21(8-6-19)30(34)37-27-16-15-25(28(32)29(27)33)20-9-11-22(12-10-20)35-4-2/h3,5-16,18H,1,4,17H2,2H3. The second-order valence-electron chi connectivity index (χ2n) is 7.90. The minimum absolute atomic E-state index is 0.0210. The highest BCUT2D eigenvalue weighted by molar-refractivity contribution is 5.91. The Balaban J connectivity index is 1.48. The molecule has 0 saturated carbocycles. The molecule has 4 nitrogen and oxygen atoms in total. The molecule has 0 saturated heterocycles. The second-order valence-corrected chi connectivity index (χ2v) is 7.90. The normalized spacial score (nSPS) is 10.6. The van der Waals surface area contributed by atoms with Gasteiger partial charge in [-0.05, 0) is 66.6 Å². The van der Waals surface area contributed by atoms with Crippen LogP contribution in [0.5, 0.6) is 17.2 Å². The Labute approximate surface area is 212 Å². The van der Waals surface area contributed by atoms with Gasteiger partial charge < -0.3 is 14.2 Å². The van der Waals surface area contributed by atoms with Gasteiger partial charge in [-0.15, -0.1) is 0 Å². The first kappa shape index (κ1) is 25.6. The quantitative estimate of drug-likeness (QED) is 0.134. The number of carbonyl (C=O) groups excluding carboxylic acids is 1. The molecule has 0 unspecified atom stereocenters. The van der Waals surface area contributed by atoms with E-state index in [1.807, 2.05) is 6.92 Å². The van der Waals surface area contributed by atoms with E-state index >= 15 is 0 Å². The molecule has 0 fully saturated rings. The molecule has 0 bridgehead atoms. The molecular formula is C30H23F3O4. The lowest BCUT2D eigenvalue weighted by Crippen LogP contribution is -2.10. The van der Waals surface area contributed by atoms with E-state index in [1.165, 1.54) is 42.5 Å². The first-order valence-electron chi connectivity index (χ1n) is 11.5. The van der Waals surface area contributed by atoms with Gasteiger partial charge in [0.2, 0.25) is 5.82 Å². The zero-order valence-corrected chi connectivity index (χ0v) is 20.0. The average molecular weight is 505 g/mol. The Morgan fingerprint density at radius 2 is 1.41 bits per heavy atom. The van der Waals surface area contributed by atoms with Gasteiger partial charge in [-0.1, -0.05) is 36.9 Å². The van der Waals surface area contributed by atoms with Gasteiger partial charge in [0, 0.05) is 17.2 Å². The van der Waals surface area contributed by atoms with Gasteiger partial charge in [0.1, 0.15) is 23.9 Å². The molecule has 0 spiro atoms. The number of esters is 1. The molecule has 0 amide bonds. The van der Waals surface area contributed by atoms with Gasteiger partial charge in [0.25, 0.3) is 0 Å². The number of hydrogen-bond acceptors (Lipinski definition) is 4. The molecule has 7 heteroatoms. The van der Waals surface area contributed by atoms with Crippen molar-refractivity contribution in [3.8, 4) is 39.5 Å². The first-order valence-corrected chi connectivity index (χ1v) is 11.5. The van der Waals surface area contributed by atoms with Crippen LogP contribution in [0, 0.1) is 17.5 Å². The molecule has 37 heavy (non-hydrogen) atoms. The highest BCUT2D eigenvalue weighted by Gasteiger charge is 2.19. The van der Waals surface area contributed by atoms with Gasteiger partial charge in [-0.2, -0.15) is 4.39 Å². The van der Waals surface area contributed by atoms with Crippen LogP contribution in [0.3, 0.4) is 0 Å². The van der Waals surface area contributed by atoms with Crippen LogP contribution in [0.4, 0.5) is 13.2 Å². The Bertz CT molecular complexity index is 1410. The zero-order chi connectivity index (χ0) is 26.4. The van der Waals surface area contributed by atoms with Gasteiger partial charge in [-0.3, -0.25) is 0 Å². The molecule has 0 heterocycles. The number of hydrogen-bond donors (Lipinski definition) is 0. The maximum absolute atomic E-state index is 14.8. The fourth-order valence-electron chi connectivity index (χ4n) is 3.65. The van der Waals surface area contributed by atoms with Crippen molar-refractivity contribution >= 4 is 5.97 Å². The van der Waals surface area contributed by atoms with Crippen LogP contribution in [0.15, 0.2) is 91.5 Å². The SMILES string of the molecule is C=CCOc1ccc(-c2ccc(C(=O)Oc3ccc(-c4ccc(OCC)cc4)c(F)c3F)cc2)c(F)c1. The van der Waals surface area contributed by atoms with Crippen LogP contribution < -0.4 is 14.2 Å². The zero-order valence-electron chi connectivity index (χ0n) is 20.0. The van der Waals surface area contributed by atoms with Gasteiger partial charge in [0.15, 0.2) is 11.6 Å². The third kappa shape index (κ3) is 5.83. The third-order valence-electron chi connectivity index (χ3n) is 5.47. The number of rotatable bonds is 9. The van der Waals surface area contributed by atoms with Crippen LogP contribution in [0.2, 0.25) is 0 Å². The molecule has 4 aromatic rings. The summed E-state index contributed by atoms with van der Waals surface area (Å²) in [7, 11) is 0. The van der Waals surface area contributed by atoms with E-state index in [-0.39, 0.29) is 17.7 Å². The van der Waals surface area contributed by atoms with Crippen molar-refractivity contribution in [2.24, 2.45) is 0 Å². The largest absolute Gasteiger partial charge is 0.494 e. The van der Waals surface area contributed by atoms with E-state index in [9.17, 15) is 18.0 Å². The van der Waals surface area contributed by atoms with Crippen molar-refractivity contribution in [2.75, 3.05) is 13.2 Å². The van der Waals surface area contributed by atoms with Crippen LogP contribution in [0.1, 0.15) is 17.3 Å². The minimum atomic E-state index is -1.28. The predicted molar refractivity (Wildman–Crippen MR) is 135 cm³/mol. The van der Waals surface area contributed by atoms with Crippen molar-refractivity contribution in [1.29, 1.82) is 0 Å². The Hall–Kier alpha value is -4.52. The van der Waals surface area contributed by atoms with Crippen molar-refractivity contribution < 1.29 is 32.2 Å². The fraction of sp³-hybridized carbons (Fsp3) is 0.100. The van der Waals surface area contributed by atoms with E-state index in [0.717, 1.165) is 0 Å². The van der Waals surface area contributed by atoms with Gasteiger partial charge in [-0.25, -0.2) is 13.6 Å². The van der Waals surface area contributed by atoms with Gasteiger partial charge in [0.05, 0.1) is 12.2 Å². The van der Waals surface area contributed by atoms with E-state index < -0.39 is 29.2 Å². The predicted octanol–water partition coefficient (Wildman–Crippen LogP) is 7.62. The van der Waals surface area contributed by atoms with Crippen LogP contribution in [0.25, 0.3) is 22.3 Å². The van der Waals surface area contributed by atoms with Crippen molar-refractivity contribution in [3.63, 3.8) is 0 Å². The summed E-state index contributed by atoms with van der Waals surface area (Å²) in [5.74, 6) is -3.36. The topological polar surface area (TPSA) is 44.8 Å². The maximum Gasteiger partial charge on any atom is 0.343 e. The monoisotopic (exact) mass is 504 g/mol. The smallest absolute Gasteiger partial charge is 0.343 e. The second kappa shape index (κ2) is 11.5. The highest BCUT2D eigenvalue weighted by atomic mass is 19.2. The molecule has 4 rings (SSSR count). The minimum Gasteiger partial charge on any atom is -0.494 e. The number of halogens is 3. The number of ether oxygens (including phenoxy) is 3. The molecule has 0 atom stereocenters. The molecule has 0 aliphatic carbocycles. The molecule has 0 radical (unpaired) electrons. The average Bonchev–Trinajstić information content (AvgIpc) is 2.91. The fourth-order valence-corrected chi connectivity index (χ4v) is 3.65. The molecular weight excluding hydrogens is 481 g/mol. The lowest BCUT2D eigenvalue weighted by Gasteiger charge is -2.11. The van der Waals surface area contributed by atoms with Gasteiger partial charge >= 0.3 is 5.97 Å². The summed E-state index contributed by atoms with van der Waals surface area (Å²) >= 11 is 0. The van der Waals surface area contributed by atoms with Crippen LogP contribution in [-0.2, 0) is 0 Å². The number of benzene rings is 4. The van der Waals surface area contributed by atoms with E-state index in [1.54, 1.807) is 42.5 Å². The van der Waals surface area contributed by atoms with Crippen LogP contribution in [-0.4, -0.2) is 19.2 Å². The van der Waals surface area contributed by atoms with Crippen molar-refractivity contribution in [2.45, 2.75) is 6.92 Å². The summed E-state index contributed by atoms with van der Waals surface area (Å²) < 4.78 is 59.8. The highest BCUT2D eigenvalue weighted by Crippen LogP contribution is 2.32. The van der Waals surface area contributed by atoms with E-state index in [4.69, 9.17) is 14.2 Å². The van der Waals surface area contributed by atoms with Crippen LogP contribution >= 0.6 is 0 Å². The molecule has 0 aliphatic heterocycles. The lowest BCUT2D eigenvalue weighted by atomic mass is 10.0. The molecule has 0 N–H and O–H groups in total. The summed E-state index contributed by atoms with van der Waals surface area (Å²) in [6.07, 6.45) is 1.56. The summed E-state index contributed by atoms with van der Waals surface area (Å²) in [5, 5.41) is 0. The summed E-state index contributed by atoms with van der Waals surface area (Å²) in [6, 6.07) is 19.4. The van der Waals surface area contributed by atoms with E-state index in [0.29, 0.717) is 34.8 Å². The Morgan fingerprint density at radius 1 is 0.784 bits per heavy atom. The molecule has 0 aromatic heterocycles. The van der Waals surface area contributed by atoms with E-state index in [2.05, 4.69) is 6.58 Å². The summed E-state index contributed by atoms with van der Waals surface area (Å²) in [6.45, 7) is 6.13. The van der Waals surface area contributed by atoms with Crippen molar-refractivity contribution in [1.82, 2.24) is 0 Å². The first-order chi connectivity index (χ1) is 17.9. The molecule has 188 valence electrons. The third-order valence-corrected chi connectivity index (χ3v) is 5.47. The summed E-state index contributed by atoms with van der Waals surface area (Å²) in [4.78, 5) is 12.6. The summed E-state index contributed by atoms with van der Waals surface area (Å²) in [5.41, 5.74) is 1.38. The van der Waals surface area contributed by atoms with Crippen molar-refractivity contribution in [3.05, 3.63) is 115 Å². The Morgan fingerprint density at radius 3 is 2.05 bits per heavy atom. The molecule has 4 aromatic carbocycles.